The van der Waals surface area contributed by atoms with E-state index in [1.165, 1.54) is 0 Å². The Morgan fingerprint density at radius 3 is 2.67 bits per heavy atom. The monoisotopic (exact) mass is 187 g/mol. The number of hydrogen-bond donors (Lipinski definition) is 2. The average Bonchev–Trinajstić information content (AvgIpc) is 2.35. The highest BCUT2D eigenvalue weighted by atomic mass is 32.1. The maximum atomic E-state index is 10.5. The molecule has 0 saturated heterocycles. The van der Waals surface area contributed by atoms with Crippen LogP contribution in [0.1, 0.15) is 5.82 Å². The number of nitrogens with one attached hydrogen (secondary N) is 1. The molecule has 0 aliphatic heterocycles. The summed E-state index contributed by atoms with van der Waals surface area (Å²) in [5.74, 6) is -2.14. The molecule has 7 heteroatoms. The van der Waals surface area contributed by atoms with Crippen LogP contribution in [0.5, 0.6) is 0 Å². The van der Waals surface area contributed by atoms with Crippen LogP contribution in [0.2, 0.25) is 0 Å². The first kappa shape index (κ1) is 8.60. The van der Waals surface area contributed by atoms with Crippen molar-refractivity contribution in [1.82, 2.24) is 9.36 Å². The molecule has 1 amide bonds. The zero-order valence-corrected chi connectivity index (χ0v) is 6.88. The highest BCUT2D eigenvalue weighted by Crippen LogP contribution is 2.09. The molecule has 2 N–H and O–H groups in total. The topological polar surface area (TPSA) is 92.2 Å². The van der Waals surface area contributed by atoms with E-state index < -0.39 is 11.9 Å². The molecule has 1 heterocycles. The van der Waals surface area contributed by atoms with E-state index in [-0.39, 0.29) is 5.13 Å². The number of carbonyl (C=O) groups is 2. The van der Waals surface area contributed by atoms with Gasteiger partial charge in [-0.05, 0) is 6.92 Å². The van der Waals surface area contributed by atoms with Crippen molar-refractivity contribution in [3.05, 3.63) is 5.82 Å². The maximum Gasteiger partial charge on any atom is 0.394 e. The highest BCUT2D eigenvalue weighted by molar-refractivity contribution is 7.10. The predicted octanol–water partition coefficient (Wildman–Crippen LogP) is -0.130. The summed E-state index contributed by atoms with van der Waals surface area (Å²) in [5.41, 5.74) is 0. The Kier molecular flexibility index (Phi) is 2.34. The number of aliphatic carboxylic acids is 1. The van der Waals surface area contributed by atoms with E-state index in [0.29, 0.717) is 5.82 Å². The molecule has 12 heavy (non-hydrogen) atoms. The van der Waals surface area contributed by atoms with Gasteiger partial charge in [0.1, 0.15) is 5.82 Å². The van der Waals surface area contributed by atoms with Crippen LogP contribution in [0.3, 0.4) is 0 Å². The zero-order chi connectivity index (χ0) is 9.14. The van der Waals surface area contributed by atoms with E-state index in [1.807, 2.05) is 0 Å². The fourth-order valence-electron chi connectivity index (χ4n) is 0.498. The molecule has 0 radical (unpaired) electrons. The summed E-state index contributed by atoms with van der Waals surface area (Å²) >= 11 is 0.939. The standard InChI is InChI=1S/C5H5N3O3S/c1-2-6-5(12-8-2)7-3(9)4(10)11/h1H3,(H,10,11)(H,6,7,8,9). The lowest BCUT2D eigenvalue weighted by Crippen LogP contribution is -2.21. The number of carboxylic acids is 1. The van der Waals surface area contributed by atoms with Crippen LogP contribution in [-0.2, 0) is 9.59 Å². The SMILES string of the molecule is Cc1nsc(NC(=O)C(=O)O)n1. The lowest BCUT2D eigenvalue weighted by atomic mass is 10.6. The molecule has 0 saturated carbocycles. The van der Waals surface area contributed by atoms with E-state index in [9.17, 15) is 9.59 Å². The van der Waals surface area contributed by atoms with Crippen molar-refractivity contribution in [1.29, 1.82) is 0 Å². The number of carbonyl (C=O) groups excluding carboxylic acids is 1. The Balaban J connectivity index is 2.64. The molecule has 0 bridgehead atoms. The van der Waals surface area contributed by atoms with E-state index >= 15 is 0 Å². The van der Waals surface area contributed by atoms with E-state index in [1.54, 1.807) is 6.92 Å². The van der Waals surface area contributed by atoms with Crippen molar-refractivity contribution >= 4 is 28.5 Å². The first-order chi connectivity index (χ1) is 5.59. The summed E-state index contributed by atoms with van der Waals surface area (Å²) in [5, 5.41) is 10.5. The molecule has 0 fully saturated rings. The van der Waals surface area contributed by atoms with Gasteiger partial charge in [0.2, 0.25) is 5.13 Å². The number of rotatable bonds is 1. The van der Waals surface area contributed by atoms with Gasteiger partial charge in [-0.3, -0.25) is 10.1 Å². The molecule has 0 spiro atoms. The number of carboxylic acid groups (broad SMARTS) is 1. The summed E-state index contributed by atoms with van der Waals surface area (Å²) in [4.78, 5) is 24.3. The molecule has 0 aliphatic rings. The molecule has 6 nitrogen and oxygen atoms in total. The number of amides is 1. The summed E-state index contributed by atoms with van der Waals surface area (Å²) in [6, 6.07) is 0. The third-order valence-electron chi connectivity index (χ3n) is 0.942. The Labute approximate surface area is 71.4 Å². The quantitative estimate of drug-likeness (QED) is 0.597. The molecule has 0 aliphatic carbocycles. The van der Waals surface area contributed by atoms with Crippen molar-refractivity contribution in [2.24, 2.45) is 0 Å². The molecule has 64 valence electrons. The molecule has 0 atom stereocenters. The van der Waals surface area contributed by atoms with Crippen LogP contribution < -0.4 is 5.32 Å². The van der Waals surface area contributed by atoms with Gasteiger partial charge in [-0.25, -0.2) is 9.78 Å². The first-order valence-electron chi connectivity index (χ1n) is 2.94. The first-order valence-corrected chi connectivity index (χ1v) is 3.71. The van der Waals surface area contributed by atoms with Gasteiger partial charge >= 0.3 is 11.9 Å². The van der Waals surface area contributed by atoms with Crippen molar-refractivity contribution in [3.63, 3.8) is 0 Å². The smallest absolute Gasteiger partial charge is 0.394 e. The molecular formula is C5H5N3O3S. The second-order valence-corrected chi connectivity index (χ2v) is 2.66. The fraction of sp³-hybridized carbons (Fsp3) is 0.200. The lowest BCUT2D eigenvalue weighted by molar-refractivity contribution is -0.147. The lowest BCUT2D eigenvalue weighted by Gasteiger charge is -1.92. The van der Waals surface area contributed by atoms with E-state index in [0.717, 1.165) is 11.5 Å². The molecule has 1 rings (SSSR count). The summed E-state index contributed by atoms with van der Waals surface area (Å²) < 4.78 is 3.75. The minimum atomic E-state index is -1.54. The van der Waals surface area contributed by atoms with Gasteiger partial charge in [-0.2, -0.15) is 4.37 Å². The third-order valence-corrected chi connectivity index (χ3v) is 1.66. The van der Waals surface area contributed by atoms with Crippen molar-refractivity contribution in [3.8, 4) is 0 Å². The number of aromatic nitrogens is 2. The van der Waals surface area contributed by atoms with Crippen LogP contribution in [0.15, 0.2) is 0 Å². The van der Waals surface area contributed by atoms with E-state index in [2.05, 4.69) is 14.7 Å². The van der Waals surface area contributed by atoms with Gasteiger partial charge in [0, 0.05) is 11.5 Å². The van der Waals surface area contributed by atoms with Gasteiger partial charge in [0.25, 0.3) is 0 Å². The fourth-order valence-corrected chi connectivity index (χ4v) is 1.07. The van der Waals surface area contributed by atoms with Gasteiger partial charge < -0.3 is 5.11 Å². The van der Waals surface area contributed by atoms with Crippen LogP contribution in [0, 0.1) is 6.92 Å². The second kappa shape index (κ2) is 3.26. The maximum absolute atomic E-state index is 10.5. The predicted molar refractivity (Wildman–Crippen MR) is 40.9 cm³/mol. The molecule has 1 aromatic rings. The Morgan fingerprint density at radius 2 is 2.25 bits per heavy atom. The van der Waals surface area contributed by atoms with Crippen LogP contribution in [0.4, 0.5) is 5.13 Å². The van der Waals surface area contributed by atoms with Gasteiger partial charge in [0.05, 0.1) is 0 Å². The Bertz CT molecular complexity index is 321. The summed E-state index contributed by atoms with van der Waals surface area (Å²) in [7, 11) is 0. The molecule has 0 unspecified atom stereocenters. The average molecular weight is 187 g/mol. The van der Waals surface area contributed by atoms with Crippen LogP contribution in [0.25, 0.3) is 0 Å². The minimum absolute atomic E-state index is 0.194. The normalized spacial score (nSPS) is 9.42. The summed E-state index contributed by atoms with van der Waals surface area (Å²) in [6.45, 7) is 1.65. The minimum Gasteiger partial charge on any atom is -0.474 e. The summed E-state index contributed by atoms with van der Waals surface area (Å²) in [6.07, 6.45) is 0. The number of hydrogen-bond acceptors (Lipinski definition) is 5. The van der Waals surface area contributed by atoms with Crippen molar-refractivity contribution < 1.29 is 14.7 Å². The van der Waals surface area contributed by atoms with Gasteiger partial charge in [-0.15, -0.1) is 0 Å². The van der Waals surface area contributed by atoms with Crippen LogP contribution in [-0.4, -0.2) is 26.3 Å². The molecular weight excluding hydrogens is 182 g/mol. The second-order valence-electron chi connectivity index (χ2n) is 1.91. The van der Waals surface area contributed by atoms with E-state index in [4.69, 9.17) is 5.11 Å². The Hall–Kier alpha value is -1.50. The van der Waals surface area contributed by atoms with Crippen LogP contribution >= 0.6 is 11.5 Å². The third kappa shape index (κ3) is 1.99. The molecule has 1 aromatic heterocycles. The number of nitrogens with zero attached hydrogens (tertiary/aromatic N) is 2. The number of anilines is 1. The van der Waals surface area contributed by atoms with Crippen molar-refractivity contribution in [2.75, 3.05) is 5.32 Å². The van der Waals surface area contributed by atoms with Gasteiger partial charge in [0.15, 0.2) is 0 Å². The zero-order valence-electron chi connectivity index (χ0n) is 6.07. The molecule has 0 aromatic carbocycles. The largest absolute Gasteiger partial charge is 0.474 e. The Morgan fingerprint density at radius 1 is 1.58 bits per heavy atom. The number of aryl methyl sites for hydroxylation is 1. The highest BCUT2D eigenvalue weighted by Gasteiger charge is 2.12. The van der Waals surface area contributed by atoms with Gasteiger partial charge in [-0.1, -0.05) is 0 Å². The van der Waals surface area contributed by atoms with Crippen molar-refractivity contribution in [2.45, 2.75) is 6.92 Å².